The van der Waals surface area contributed by atoms with Crippen LogP contribution in [-0.4, -0.2) is 6.59 Å². The fourth-order valence-electron chi connectivity index (χ4n) is 1.64. The second-order valence-corrected chi connectivity index (χ2v) is 4.43. The van der Waals surface area contributed by atoms with Crippen LogP contribution < -0.4 is 0 Å². The summed E-state index contributed by atoms with van der Waals surface area (Å²) in [7, 11) is -3.07. The van der Waals surface area contributed by atoms with Crippen molar-refractivity contribution in [1.29, 1.82) is 0 Å². The molecule has 0 saturated heterocycles. The quantitative estimate of drug-likeness (QED) is 0.588. The van der Waals surface area contributed by atoms with E-state index in [0.29, 0.717) is 0 Å². The Morgan fingerprint density at radius 2 is 2.20 bits per heavy atom. The first-order valence-electron chi connectivity index (χ1n) is 10.4. The number of benzene rings is 2. The second kappa shape index (κ2) is 3.32. The molecule has 0 aromatic heterocycles. The minimum atomic E-state index is -3.07. The summed E-state index contributed by atoms with van der Waals surface area (Å²) >= 11 is 0. The van der Waals surface area contributed by atoms with Gasteiger partial charge in [0, 0.05) is 9.60 Å². The van der Waals surface area contributed by atoms with E-state index in [0.717, 1.165) is 0 Å². The first-order valence-corrected chi connectivity index (χ1v) is 5.76. The molecule has 76 valence electrons. The Morgan fingerprint density at radius 3 is 3.07 bits per heavy atom. The second-order valence-electron chi connectivity index (χ2n) is 3.31. The summed E-state index contributed by atoms with van der Waals surface area (Å²) in [5.74, 6) is 0. The standard InChI is InChI=1S/C14H15P/c1-10-6-11-4-3-5-12-8-15(2)9-13(7-10)14(11)12/h3-7H,8-9H2,1-2H3/i2D3,3D,4D,5D,6D,7D,8D2,9D2. The van der Waals surface area contributed by atoms with Gasteiger partial charge in [0.1, 0.15) is 0 Å². The molecule has 1 aliphatic rings. The average Bonchev–Trinajstić information content (AvgIpc) is 2.46. The van der Waals surface area contributed by atoms with Gasteiger partial charge in [-0.05, 0) is 47.6 Å². The summed E-state index contributed by atoms with van der Waals surface area (Å²) in [6.07, 6.45) is -5.54. The molecule has 0 aliphatic carbocycles. The summed E-state index contributed by atoms with van der Waals surface area (Å²) < 4.78 is 97.8. The molecule has 0 radical (unpaired) electrons. The molecule has 1 atom stereocenters. The highest BCUT2D eigenvalue weighted by atomic mass is 31.1. The van der Waals surface area contributed by atoms with Crippen molar-refractivity contribution in [2.75, 3.05) is 6.59 Å². The molecule has 3 rings (SSSR count). The Kier molecular flexibility index (Phi) is 0.681. The van der Waals surface area contributed by atoms with Crippen LogP contribution in [0.3, 0.4) is 0 Å². The van der Waals surface area contributed by atoms with Crippen molar-refractivity contribution in [3.05, 3.63) is 46.9 Å². The molecule has 0 saturated carbocycles. The van der Waals surface area contributed by atoms with Gasteiger partial charge in [0.2, 0.25) is 0 Å². The monoisotopic (exact) mass is 226 g/mol. The van der Waals surface area contributed by atoms with Crippen molar-refractivity contribution >= 4 is 18.7 Å². The summed E-state index contributed by atoms with van der Waals surface area (Å²) in [4.78, 5) is 0. The molecule has 15 heavy (non-hydrogen) atoms. The van der Waals surface area contributed by atoms with Gasteiger partial charge >= 0.3 is 0 Å². The highest BCUT2D eigenvalue weighted by Gasteiger charge is 2.16. The van der Waals surface area contributed by atoms with Crippen molar-refractivity contribution in [2.45, 2.75) is 19.2 Å². The van der Waals surface area contributed by atoms with Gasteiger partial charge in [-0.3, -0.25) is 0 Å². The number of hydrogen-bond donors (Lipinski definition) is 0. The van der Waals surface area contributed by atoms with Crippen molar-refractivity contribution in [1.82, 2.24) is 0 Å². The first kappa shape index (κ1) is 3.08. The normalized spacial score (nSPS) is 38.6. The van der Waals surface area contributed by atoms with Crippen molar-refractivity contribution in [3.8, 4) is 0 Å². The van der Waals surface area contributed by atoms with Gasteiger partial charge in [-0.15, -0.1) is 7.92 Å². The van der Waals surface area contributed by atoms with E-state index >= 15 is 0 Å². The molecule has 1 heterocycles. The molecule has 2 aromatic rings. The van der Waals surface area contributed by atoms with E-state index in [4.69, 9.17) is 16.4 Å². The molecule has 2 aromatic carbocycles. The summed E-state index contributed by atoms with van der Waals surface area (Å²) in [6, 6.07) is -2.62. The Bertz CT molecular complexity index is 922. The molecular formula is C14H15P. The van der Waals surface area contributed by atoms with E-state index < -0.39 is 62.0 Å². The van der Waals surface area contributed by atoms with Crippen molar-refractivity contribution in [2.24, 2.45) is 0 Å². The van der Waals surface area contributed by atoms with Crippen LogP contribution in [0, 0.1) is 6.92 Å². The smallest absolute Gasteiger partial charge is 0.0632 e. The third-order valence-corrected chi connectivity index (χ3v) is 3.09. The van der Waals surface area contributed by atoms with E-state index in [2.05, 4.69) is 0 Å². The number of hydrogen-bond acceptors (Lipinski definition) is 0. The molecule has 0 N–H and O–H groups in total. The molecule has 0 fully saturated rings. The Labute approximate surface area is 109 Å². The van der Waals surface area contributed by atoms with E-state index in [9.17, 15) is 0 Å². The largest absolute Gasteiger partial charge is 0.101 e. The Balaban J connectivity index is 2.74. The lowest BCUT2D eigenvalue weighted by molar-refractivity contribution is 1.29. The summed E-state index contributed by atoms with van der Waals surface area (Å²) in [5, 5.41) is -0.498. The number of rotatable bonds is 0. The van der Waals surface area contributed by atoms with Gasteiger partial charge in [0.05, 0.1) is 6.85 Å². The molecule has 0 bridgehead atoms. The molecule has 1 heteroatoms. The zero-order valence-electron chi connectivity index (χ0n) is 19.9. The first-order chi connectivity index (χ1) is 12.1. The molecule has 0 spiro atoms. The van der Waals surface area contributed by atoms with Crippen LogP contribution in [0.4, 0.5) is 0 Å². The van der Waals surface area contributed by atoms with Crippen molar-refractivity contribution < 1.29 is 16.4 Å². The maximum atomic E-state index is 8.46. The zero-order chi connectivity index (χ0) is 20.9. The average molecular weight is 226 g/mol. The lowest BCUT2D eigenvalue weighted by Gasteiger charge is -2.23. The maximum Gasteiger partial charge on any atom is 0.0632 e. The highest BCUT2D eigenvalue weighted by Crippen LogP contribution is 2.47. The topological polar surface area (TPSA) is 0 Å². The van der Waals surface area contributed by atoms with Crippen LogP contribution in [0.2, 0.25) is 0 Å². The SMILES string of the molecule is [2H]c1c([2H])c2c3c(c([2H])c(C)c([2H])c3c1[2H])C([2H])([2H])P(C([2H])([2H])[2H])C2([2H])[2H]. The predicted octanol–water partition coefficient (Wildman–Crippen LogP) is 4.27. The lowest BCUT2D eigenvalue weighted by atomic mass is 9.98. The third kappa shape index (κ3) is 1.48. The Morgan fingerprint density at radius 1 is 1.33 bits per heavy atom. The molecule has 1 aliphatic heterocycles. The third-order valence-electron chi connectivity index (χ3n) is 2.20. The fraction of sp³-hybridized carbons (Fsp3) is 0.286. The fourth-order valence-corrected chi connectivity index (χ4v) is 2.48. The van der Waals surface area contributed by atoms with Gasteiger partial charge in [0.15, 0.2) is 0 Å². The van der Waals surface area contributed by atoms with Crippen LogP contribution in [0.5, 0.6) is 0 Å². The zero-order valence-corrected chi connectivity index (χ0v) is 8.84. The van der Waals surface area contributed by atoms with Gasteiger partial charge < -0.3 is 0 Å². The van der Waals surface area contributed by atoms with Crippen LogP contribution in [0.25, 0.3) is 10.8 Å². The predicted molar refractivity (Wildman–Crippen MR) is 68.9 cm³/mol. The van der Waals surface area contributed by atoms with E-state index in [1.165, 1.54) is 6.92 Å². The van der Waals surface area contributed by atoms with Gasteiger partial charge in [-0.2, -0.15) is 0 Å². The highest BCUT2D eigenvalue weighted by molar-refractivity contribution is 7.55. The van der Waals surface area contributed by atoms with Crippen molar-refractivity contribution in [3.63, 3.8) is 0 Å². The minimum absolute atomic E-state index is 0.0147. The van der Waals surface area contributed by atoms with Crippen LogP contribution in [-0.2, 0) is 12.2 Å². The van der Waals surface area contributed by atoms with E-state index in [-0.39, 0.29) is 22.4 Å². The molecule has 0 amide bonds. The van der Waals surface area contributed by atoms with Crippen LogP contribution in [0.1, 0.15) is 33.1 Å². The Hall–Kier alpha value is -0.870. The van der Waals surface area contributed by atoms with Gasteiger partial charge in [-0.25, -0.2) is 0 Å². The van der Waals surface area contributed by atoms with E-state index in [1.807, 2.05) is 0 Å². The lowest BCUT2D eigenvalue weighted by Crippen LogP contribution is -1.99. The van der Waals surface area contributed by atoms with Crippen LogP contribution >= 0.6 is 7.92 Å². The van der Waals surface area contributed by atoms with E-state index in [1.54, 1.807) is 0 Å². The summed E-state index contributed by atoms with van der Waals surface area (Å²) in [5.41, 5.74) is -0.894. The summed E-state index contributed by atoms with van der Waals surface area (Å²) in [6.45, 7) is -1.66. The van der Waals surface area contributed by atoms with Crippen LogP contribution in [0.15, 0.2) is 30.2 Å². The molecule has 0 nitrogen and oxygen atoms in total. The maximum absolute atomic E-state index is 8.46. The van der Waals surface area contributed by atoms with Gasteiger partial charge in [0.25, 0.3) is 0 Å². The molecule has 1 unspecified atom stereocenters. The van der Waals surface area contributed by atoms with Gasteiger partial charge in [-0.1, -0.05) is 35.8 Å². The molecular weight excluding hydrogens is 199 g/mol. The minimum Gasteiger partial charge on any atom is -0.101 e.